The molecule has 0 heterocycles. The van der Waals surface area contributed by atoms with Crippen molar-refractivity contribution in [2.24, 2.45) is 0 Å². The van der Waals surface area contributed by atoms with E-state index in [2.05, 4.69) is 31.3 Å². The minimum atomic E-state index is -0.676. The first-order valence-corrected chi connectivity index (χ1v) is 22.4. The molecular weight excluding hydrogens is 634 g/mol. The quantitative estimate of drug-likeness (QED) is 0.0332. The number of aliphatic hydroxyl groups excluding tert-OH is 2. The van der Waals surface area contributed by atoms with Crippen LogP contribution < -0.4 is 5.32 Å². The van der Waals surface area contributed by atoms with Crippen LogP contribution in [0.1, 0.15) is 239 Å². The van der Waals surface area contributed by atoms with Gasteiger partial charge < -0.3 is 20.3 Å². The predicted molar refractivity (Wildman–Crippen MR) is 218 cm³/mol. The molecule has 2 atom stereocenters. The Balaban J connectivity index is 3.48. The first-order valence-electron chi connectivity index (χ1n) is 22.4. The highest BCUT2D eigenvalue weighted by Crippen LogP contribution is 2.15. The number of carbonyl (C=O) groups is 2. The van der Waals surface area contributed by atoms with E-state index >= 15 is 0 Å². The predicted octanol–water partition coefficient (Wildman–Crippen LogP) is 12.6. The van der Waals surface area contributed by atoms with E-state index in [-0.39, 0.29) is 18.5 Å². The van der Waals surface area contributed by atoms with Crippen molar-refractivity contribution in [3.05, 3.63) is 12.2 Å². The lowest BCUT2D eigenvalue weighted by Crippen LogP contribution is -2.45. The number of esters is 1. The van der Waals surface area contributed by atoms with Crippen LogP contribution in [0.25, 0.3) is 0 Å². The van der Waals surface area contributed by atoms with Gasteiger partial charge in [-0.2, -0.15) is 0 Å². The highest BCUT2D eigenvalue weighted by atomic mass is 16.5. The van der Waals surface area contributed by atoms with Crippen LogP contribution in [0.4, 0.5) is 0 Å². The van der Waals surface area contributed by atoms with Crippen LogP contribution in [0.15, 0.2) is 12.2 Å². The van der Waals surface area contributed by atoms with Crippen LogP contribution in [0.5, 0.6) is 0 Å². The molecule has 0 aliphatic rings. The summed E-state index contributed by atoms with van der Waals surface area (Å²) in [5.74, 6) is -0.0885. The van der Waals surface area contributed by atoms with Gasteiger partial charge in [0, 0.05) is 12.8 Å². The topological polar surface area (TPSA) is 95.9 Å². The van der Waals surface area contributed by atoms with Crippen molar-refractivity contribution >= 4 is 11.9 Å². The Bertz CT molecular complexity index is 757. The Morgan fingerprint density at radius 1 is 0.529 bits per heavy atom. The Kier molecular flexibility index (Phi) is 40.2. The standard InChI is InChI=1S/C45H87NO5/c1-3-5-7-9-11-13-15-16-17-18-23-27-31-35-39-45(50)51-40-36-32-28-24-20-19-22-26-30-34-38-44(49)46-42(41-47)43(48)37-33-29-25-21-14-12-10-8-6-4-2/h15-16,42-43,47-48H,3-14,17-41H2,1-2H3,(H,46,49)/b16-15-. The average Bonchev–Trinajstić information content (AvgIpc) is 3.13. The second-order valence-corrected chi connectivity index (χ2v) is 15.4. The van der Waals surface area contributed by atoms with Crippen LogP contribution >= 0.6 is 0 Å². The molecule has 0 aromatic rings. The zero-order chi connectivity index (χ0) is 37.3. The van der Waals surface area contributed by atoms with Crippen LogP contribution in [0, 0.1) is 0 Å². The Morgan fingerprint density at radius 2 is 0.922 bits per heavy atom. The molecule has 51 heavy (non-hydrogen) atoms. The molecule has 0 bridgehead atoms. The molecule has 0 aromatic heterocycles. The summed E-state index contributed by atoms with van der Waals surface area (Å²) in [7, 11) is 0. The van der Waals surface area contributed by atoms with Gasteiger partial charge >= 0.3 is 5.97 Å². The maximum atomic E-state index is 12.4. The Morgan fingerprint density at radius 3 is 1.39 bits per heavy atom. The summed E-state index contributed by atoms with van der Waals surface area (Å²) >= 11 is 0. The van der Waals surface area contributed by atoms with Gasteiger partial charge in [0.25, 0.3) is 0 Å². The Labute approximate surface area is 317 Å². The fraction of sp³-hybridized carbons (Fsp3) is 0.911. The van der Waals surface area contributed by atoms with E-state index in [1.165, 1.54) is 148 Å². The molecule has 2 unspecified atom stereocenters. The van der Waals surface area contributed by atoms with Gasteiger partial charge in [-0.15, -0.1) is 0 Å². The molecule has 0 rings (SSSR count). The molecule has 0 radical (unpaired) electrons. The number of rotatable bonds is 41. The molecule has 0 aliphatic carbocycles. The van der Waals surface area contributed by atoms with E-state index in [1.807, 2.05) is 0 Å². The summed E-state index contributed by atoms with van der Waals surface area (Å²) in [5, 5.41) is 23.0. The van der Waals surface area contributed by atoms with Crippen molar-refractivity contribution in [2.75, 3.05) is 13.2 Å². The van der Waals surface area contributed by atoms with E-state index in [4.69, 9.17) is 4.74 Å². The van der Waals surface area contributed by atoms with Gasteiger partial charge in [0.1, 0.15) is 0 Å². The van der Waals surface area contributed by atoms with Gasteiger partial charge in [0.05, 0.1) is 25.4 Å². The van der Waals surface area contributed by atoms with E-state index in [0.717, 1.165) is 57.8 Å². The lowest BCUT2D eigenvalue weighted by atomic mass is 10.0. The van der Waals surface area contributed by atoms with Crippen molar-refractivity contribution in [1.82, 2.24) is 5.32 Å². The first kappa shape index (κ1) is 49.6. The second kappa shape index (κ2) is 41.4. The van der Waals surface area contributed by atoms with Gasteiger partial charge in [-0.05, 0) is 51.4 Å². The molecule has 0 aromatic carbocycles. The summed E-state index contributed by atoms with van der Waals surface area (Å²) in [4.78, 5) is 24.4. The molecule has 0 saturated heterocycles. The van der Waals surface area contributed by atoms with Crippen LogP contribution in [0.2, 0.25) is 0 Å². The number of unbranched alkanes of at least 4 members (excludes halogenated alkanes) is 28. The molecule has 0 spiro atoms. The summed E-state index contributed by atoms with van der Waals surface area (Å²) < 4.78 is 5.43. The van der Waals surface area contributed by atoms with E-state index in [0.29, 0.717) is 25.9 Å². The largest absolute Gasteiger partial charge is 0.466 e. The number of carbonyl (C=O) groups excluding carboxylic acids is 2. The number of aliphatic hydroxyl groups is 2. The van der Waals surface area contributed by atoms with Gasteiger partial charge in [-0.3, -0.25) is 9.59 Å². The highest BCUT2D eigenvalue weighted by Gasteiger charge is 2.20. The van der Waals surface area contributed by atoms with Crippen molar-refractivity contribution < 1.29 is 24.5 Å². The van der Waals surface area contributed by atoms with Crippen LogP contribution in [0.3, 0.4) is 0 Å². The number of allylic oxidation sites excluding steroid dienone is 2. The van der Waals surface area contributed by atoms with Gasteiger partial charge in [0.2, 0.25) is 5.91 Å². The number of ether oxygens (including phenoxy) is 1. The molecule has 302 valence electrons. The fourth-order valence-corrected chi connectivity index (χ4v) is 6.81. The van der Waals surface area contributed by atoms with E-state index < -0.39 is 12.1 Å². The molecular formula is C45H87NO5. The third-order valence-electron chi connectivity index (χ3n) is 10.3. The van der Waals surface area contributed by atoms with Crippen molar-refractivity contribution in [2.45, 2.75) is 251 Å². The monoisotopic (exact) mass is 722 g/mol. The number of hydrogen-bond acceptors (Lipinski definition) is 5. The number of nitrogens with one attached hydrogen (secondary N) is 1. The van der Waals surface area contributed by atoms with Crippen LogP contribution in [-0.4, -0.2) is 47.4 Å². The molecule has 0 saturated carbocycles. The smallest absolute Gasteiger partial charge is 0.305 e. The molecule has 3 N–H and O–H groups in total. The van der Waals surface area contributed by atoms with Gasteiger partial charge in [0.15, 0.2) is 0 Å². The maximum Gasteiger partial charge on any atom is 0.305 e. The summed E-state index contributed by atoms with van der Waals surface area (Å²) in [6.07, 6.45) is 44.5. The van der Waals surface area contributed by atoms with Gasteiger partial charge in [-0.25, -0.2) is 0 Å². The third-order valence-corrected chi connectivity index (χ3v) is 10.3. The first-order chi connectivity index (χ1) is 25.0. The molecule has 6 nitrogen and oxygen atoms in total. The molecule has 0 fully saturated rings. The minimum absolute atomic E-state index is 0.0280. The third kappa shape index (κ3) is 38.1. The summed E-state index contributed by atoms with van der Waals surface area (Å²) in [6.45, 7) is 4.86. The normalized spacial score (nSPS) is 12.8. The lowest BCUT2D eigenvalue weighted by molar-refractivity contribution is -0.143. The number of hydrogen-bond donors (Lipinski definition) is 3. The molecule has 0 aliphatic heterocycles. The fourth-order valence-electron chi connectivity index (χ4n) is 6.81. The average molecular weight is 722 g/mol. The van der Waals surface area contributed by atoms with Crippen molar-refractivity contribution in [3.63, 3.8) is 0 Å². The molecule has 1 amide bonds. The summed E-state index contributed by atoms with van der Waals surface area (Å²) in [6, 6.07) is -0.555. The van der Waals surface area contributed by atoms with Crippen LogP contribution in [-0.2, 0) is 14.3 Å². The van der Waals surface area contributed by atoms with E-state index in [9.17, 15) is 19.8 Å². The lowest BCUT2D eigenvalue weighted by Gasteiger charge is -2.22. The Hall–Kier alpha value is -1.40. The van der Waals surface area contributed by atoms with Crippen molar-refractivity contribution in [3.8, 4) is 0 Å². The second-order valence-electron chi connectivity index (χ2n) is 15.4. The SMILES string of the molecule is CCCCCCC/C=C\CCCCCCCC(=O)OCCCCCCCCCCCCC(=O)NC(CO)C(O)CCCCCCCCCCCC. The summed E-state index contributed by atoms with van der Waals surface area (Å²) in [5.41, 5.74) is 0. The zero-order valence-corrected chi connectivity index (χ0v) is 34.1. The number of amides is 1. The zero-order valence-electron chi connectivity index (χ0n) is 34.1. The van der Waals surface area contributed by atoms with Gasteiger partial charge in [-0.1, -0.05) is 187 Å². The molecule has 6 heteroatoms. The van der Waals surface area contributed by atoms with Crippen molar-refractivity contribution in [1.29, 1.82) is 0 Å². The highest BCUT2D eigenvalue weighted by molar-refractivity contribution is 5.76. The maximum absolute atomic E-state index is 12.4. The minimum Gasteiger partial charge on any atom is -0.466 e. The van der Waals surface area contributed by atoms with E-state index in [1.54, 1.807) is 0 Å².